The molecule has 4 rings (SSSR count). The van der Waals surface area contributed by atoms with Gasteiger partial charge in [-0.1, -0.05) is 28.1 Å². The first-order chi connectivity index (χ1) is 14.6. The van der Waals surface area contributed by atoms with E-state index in [9.17, 15) is 9.59 Å². The SMILES string of the molecule is O=C(COc1ccc(Br)cc1)N(Cc1nc2ccccc2c(=O)[nH]1)C[C@@H]1CCCO1. The quantitative estimate of drug-likeness (QED) is 0.571. The van der Waals surface area contributed by atoms with Crippen molar-refractivity contribution in [3.63, 3.8) is 0 Å². The lowest BCUT2D eigenvalue weighted by Gasteiger charge is -2.25. The van der Waals surface area contributed by atoms with Crippen LogP contribution in [-0.4, -0.2) is 46.6 Å². The van der Waals surface area contributed by atoms with Crippen molar-refractivity contribution in [3.8, 4) is 5.75 Å². The number of ether oxygens (including phenoxy) is 2. The van der Waals surface area contributed by atoms with E-state index in [-0.39, 0.29) is 30.7 Å². The van der Waals surface area contributed by atoms with Crippen molar-refractivity contribution in [3.05, 3.63) is 69.2 Å². The van der Waals surface area contributed by atoms with Crippen molar-refractivity contribution >= 4 is 32.7 Å². The normalized spacial score (nSPS) is 16.0. The highest BCUT2D eigenvalue weighted by molar-refractivity contribution is 9.10. The van der Waals surface area contributed by atoms with Gasteiger partial charge < -0.3 is 19.4 Å². The number of rotatable bonds is 7. The number of fused-ring (bicyclic) bond motifs is 1. The van der Waals surface area contributed by atoms with Crippen LogP contribution in [0.15, 0.2) is 57.8 Å². The molecule has 156 valence electrons. The minimum atomic E-state index is -0.216. The third kappa shape index (κ3) is 5.06. The summed E-state index contributed by atoms with van der Waals surface area (Å²) in [5.41, 5.74) is 0.387. The van der Waals surface area contributed by atoms with Crippen LogP contribution < -0.4 is 10.3 Å². The fourth-order valence-electron chi connectivity index (χ4n) is 3.45. The predicted octanol–water partition coefficient (Wildman–Crippen LogP) is 3.27. The molecule has 1 saturated heterocycles. The molecule has 0 radical (unpaired) electrons. The van der Waals surface area contributed by atoms with E-state index in [0.717, 1.165) is 17.3 Å². The molecule has 1 aliphatic rings. The largest absolute Gasteiger partial charge is 0.484 e. The number of carbonyl (C=O) groups excluding carboxylic acids is 1. The molecule has 7 nitrogen and oxygen atoms in total. The lowest BCUT2D eigenvalue weighted by Crippen LogP contribution is -2.40. The summed E-state index contributed by atoms with van der Waals surface area (Å²) in [5, 5.41) is 0.525. The van der Waals surface area contributed by atoms with Gasteiger partial charge in [0, 0.05) is 17.6 Å². The van der Waals surface area contributed by atoms with E-state index >= 15 is 0 Å². The zero-order valence-corrected chi connectivity index (χ0v) is 17.9. The van der Waals surface area contributed by atoms with Crippen LogP contribution in [0.2, 0.25) is 0 Å². The van der Waals surface area contributed by atoms with Gasteiger partial charge in [-0.25, -0.2) is 4.98 Å². The van der Waals surface area contributed by atoms with Gasteiger partial charge in [-0.3, -0.25) is 9.59 Å². The highest BCUT2D eigenvalue weighted by atomic mass is 79.9. The lowest BCUT2D eigenvalue weighted by atomic mass is 10.2. The summed E-state index contributed by atoms with van der Waals surface area (Å²) in [6, 6.07) is 14.4. The van der Waals surface area contributed by atoms with Crippen LogP contribution in [0.4, 0.5) is 0 Å². The monoisotopic (exact) mass is 471 g/mol. The fourth-order valence-corrected chi connectivity index (χ4v) is 3.71. The maximum Gasteiger partial charge on any atom is 0.261 e. The molecule has 3 aromatic rings. The summed E-state index contributed by atoms with van der Waals surface area (Å²) >= 11 is 3.38. The van der Waals surface area contributed by atoms with Gasteiger partial charge in [0.15, 0.2) is 6.61 Å². The number of para-hydroxylation sites is 1. The topological polar surface area (TPSA) is 84.5 Å². The number of aromatic amines is 1. The Kier molecular flexibility index (Phi) is 6.44. The molecule has 1 atom stereocenters. The summed E-state index contributed by atoms with van der Waals surface area (Å²) in [6.45, 7) is 1.21. The lowest BCUT2D eigenvalue weighted by molar-refractivity contribution is -0.135. The van der Waals surface area contributed by atoms with Gasteiger partial charge in [0.2, 0.25) is 0 Å². The molecule has 2 aromatic carbocycles. The van der Waals surface area contributed by atoms with Crippen LogP contribution in [0.5, 0.6) is 5.75 Å². The Hall–Kier alpha value is -2.71. The summed E-state index contributed by atoms with van der Waals surface area (Å²) in [4.78, 5) is 34.3. The molecule has 30 heavy (non-hydrogen) atoms. The third-order valence-corrected chi connectivity index (χ3v) is 5.51. The van der Waals surface area contributed by atoms with Gasteiger partial charge in [-0.2, -0.15) is 0 Å². The van der Waals surface area contributed by atoms with Crippen LogP contribution >= 0.6 is 15.9 Å². The molecule has 1 N–H and O–H groups in total. The second kappa shape index (κ2) is 9.40. The Labute approximate surface area is 182 Å². The molecule has 0 aliphatic carbocycles. The van der Waals surface area contributed by atoms with Crippen molar-refractivity contribution in [1.82, 2.24) is 14.9 Å². The van der Waals surface area contributed by atoms with E-state index in [1.54, 1.807) is 35.2 Å². The second-order valence-corrected chi connectivity index (χ2v) is 8.10. The Morgan fingerprint density at radius 3 is 2.80 bits per heavy atom. The number of carbonyl (C=O) groups is 1. The van der Waals surface area contributed by atoms with Gasteiger partial charge in [0.25, 0.3) is 11.5 Å². The highest BCUT2D eigenvalue weighted by Gasteiger charge is 2.24. The standard InChI is InChI=1S/C22H22BrN3O4/c23-15-7-9-16(10-8-15)30-14-21(27)26(12-17-4-3-11-29-17)13-20-24-19-6-2-1-5-18(19)22(28)25-20/h1-2,5-10,17H,3-4,11-14H2,(H,24,25,28)/t17-/m0/s1. The molecule has 8 heteroatoms. The molecule has 0 unspecified atom stereocenters. The average molecular weight is 472 g/mol. The van der Waals surface area contributed by atoms with Crippen LogP contribution in [0.25, 0.3) is 10.9 Å². The number of nitrogens with zero attached hydrogens (tertiary/aromatic N) is 2. The first-order valence-electron chi connectivity index (χ1n) is 9.84. The van der Waals surface area contributed by atoms with Gasteiger partial charge in [0.05, 0.1) is 23.6 Å². The van der Waals surface area contributed by atoms with Gasteiger partial charge in [-0.15, -0.1) is 0 Å². The average Bonchev–Trinajstić information content (AvgIpc) is 3.26. The number of H-pyrrole nitrogens is 1. The minimum Gasteiger partial charge on any atom is -0.484 e. The number of hydrogen-bond donors (Lipinski definition) is 1. The molecule has 1 aromatic heterocycles. The first kappa shape index (κ1) is 20.6. The number of aromatic nitrogens is 2. The molecular formula is C22H22BrN3O4. The number of benzene rings is 2. The summed E-state index contributed by atoms with van der Waals surface area (Å²) < 4.78 is 12.3. The van der Waals surface area contributed by atoms with Crippen molar-refractivity contribution < 1.29 is 14.3 Å². The zero-order chi connectivity index (χ0) is 20.9. The number of halogens is 1. The van der Waals surface area contributed by atoms with Gasteiger partial charge in [-0.05, 0) is 49.2 Å². The summed E-state index contributed by atoms with van der Waals surface area (Å²) in [7, 11) is 0. The number of amides is 1. The van der Waals surface area contributed by atoms with E-state index in [4.69, 9.17) is 9.47 Å². The van der Waals surface area contributed by atoms with Crippen LogP contribution in [0.3, 0.4) is 0 Å². The maximum atomic E-state index is 12.9. The predicted molar refractivity (Wildman–Crippen MR) is 116 cm³/mol. The van der Waals surface area contributed by atoms with Crippen molar-refractivity contribution in [2.45, 2.75) is 25.5 Å². The summed E-state index contributed by atoms with van der Waals surface area (Å²) in [5.74, 6) is 0.860. The van der Waals surface area contributed by atoms with E-state index < -0.39 is 0 Å². The van der Waals surface area contributed by atoms with E-state index in [0.29, 0.717) is 35.6 Å². The molecule has 2 heterocycles. The first-order valence-corrected chi connectivity index (χ1v) is 10.6. The van der Waals surface area contributed by atoms with Crippen molar-refractivity contribution in [2.24, 2.45) is 0 Å². The molecule has 1 amide bonds. The molecule has 1 fully saturated rings. The Morgan fingerprint density at radius 2 is 2.03 bits per heavy atom. The molecule has 0 spiro atoms. The zero-order valence-electron chi connectivity index (χ0n) is 16.3. The molecule has 0 bridgehead atoms. The minimum absolute atomic E-state index is 0.0196. The Morgan fingerprint density at radius 1 is 1.23 bits per heavy atom. The Balaban J connectivity index is 1.50. The van der Waals surface area contributed by atoms with E-state index in [2.05, 4.69) is 25.9 Å². The Bertz CT molecular complexity index is 1080. The summed E-state index contributed by atoms with van der Waals surface area (Å²) in [6.07, 6.45) is 1.86. The number of hydrogen-bond acceptors (Lipinski definition) is 5. The van der Waals surface area contributed by atoms with Crippen molar-refractivity contribution in [2.75, 3.05) is 19.8 Å². The smallest absolute Gasteiger partial charge is 0.261 e. The molecule has 0 saturated carbocycles. The molecule has 1 aliphatic heterocycles. The van der Waals surface area contributed by atoms with Crippen LogP contribution in [0.1, 0.15) is 18.7 Å². The number of nitrogens with one attached hydrogen (secondary N) is 1. The second-order valence-electron chi connectivity index (χ2n) is 7.18. The van der Waals surface area contributed by atoms with Crippen LogP contribution in [0, 0.1) is 0 Å². The third-order valence-electron chi connectivity index (χ3n) is 4.98. The molecular weight excluding hydrogens is 450 g/mol. The van der Waals surface area contributed by atoms with E-state index in [1.807, 2.05) is 18.2 Å². The maximum absolute atomic E-state index is 12.9. The van der Waals surface area contributed by atoms with Crippen LogP contribution in [-0.2, 0) is 16.1 Å². The van der Waals surface area contributed by atoms with Crippen molar-refractivity contribution in [1.29, 1.82) is 0 Å². The van der Waals surface area contributed by atoms with Gasteiger partial charge >= 0.3 is 0 Å². The highest BCUT2D eigenvalue weighted by Crippen LogP contribution is 2.18. The van der Waals surface area contributed by atoms with Gasteiger partial charge in [0.1, 0.15) is 11.6 Å². The van der Waals surface area contributed by atoms with E-state index in [1.165, 1.54) is 0 Å². The fraction of sp³-hybridized carbons (Fsp3) is 0.318.